The lowest BCUT2D eigenvalue weighted by molar-refractivity contribution is 0.322. The van der Waals surface area contributed by atoms with Crippen LogP contribution >= 0.6 is 0 Å². The smallest absolute Gasteiger partial charge is 0.119 e. The van der Waals surface area contributed by atoms with Gasteiger partial charge in [-0.05, 0) is 17.7 Å². The molecule has 2 radical (unpaired) electrons. The first kappa shape index (κ1) is 10.8. The van der Waals surface area contributed by atoms with Crippen molar-refractivity contribution in [3.05, 3.63) is 60.2 Å². The molecule has 0 aliphatic carbocycles. The minimum absolute atomic E-state index is 0.688. The molecule has 2 aromatic rings. The molecule has 1 nitrogen and oxygen atoms in total. The number of hydrogen-bond donors (Lipinski definition) is 0. The van der Waals surface area contributed by atoms with Crippen molar-refractivity contribution in [1.29, 1.82) is 0 Å². The van der Waals surface area contributed by atoms with Crippen molar-refractivity contribution < 1.29 is 4.74 Å². The summed E-state index contributed by atoms with van der Waals surface area (Å²) in [5, 5.41) is 0. The Labute approximate surface area is 97.5 Å². The maximum Gasteiger partial charge on any atom is 0.119 e. The summed E-state index contributed by atoms with van der Waals surface area (Å²) in [6, 6.07) is 17.8. The van der Waals surface area contributed by atoms with Crippen LogP contribution in [0.3, 0.4) is 0 Å². The predicted octanol–water partition coefficient (Wildman–Crippen LogP) is 2.10. The van der Waals surface area contributed by atoms with Crippen molar-refractivity contribution in [1.82, 2.24) is 0 Å². The topological polar surface area (TPSA) is 9.23 Å². The molecule has 0 aliphatic heterocycles. The fraction of sp³-hybridized carbons (Fsp3) is 0.143. The molecule has 0 saturated carbocycles. The summed E-state index contributed by atoms with van der Waals surface area (Å²) in [5.41, 5.74) is 2.05. The standard InChI is InChI=1S/C14H13BO/c15-13-6-8-14(9-7-13)16-11-10-12-4-2-1-3-5-12/h1-9H,10-11H2. The van der Waals surface area contributed by atoms with Crippen molar-refractivity contribution in [2.75, 3.05) is 6.61 Å². The average Bonchev–Trinajstić information content (AvgIpc) is 2.33. The molecule has 2 rings (SSSR count). The van der Waals surface area contributed by atoms with Gasteiger partial charge < -0.3 is 4.74 Å². The van der Waals surface area contributed by atoms with E-state index in [1.54, 1.807) is 0 Å². The number of ether oxygens (including phenoxy) is 1. The van der Waals surface area contributed by atoms with E-state index in [2.05, 4.69) is 12.1 Å². The van der Waals surface area contributed by atoms with E-state index in [1.807, 2.05) is 42.5 Å². The van der Waals surface area contributed by atoms with Crippen LogP contribution in [0.4, 0.5) is 0 Å². The highest BCUT2D eigenvalue weighted by Gasteiger charge is 1.94. The van der Waals surface area contributed by atoms with E-state index in [4.69, 9.17) is 12.6 Å². The molecule has 0 aromatic heterocycles. The summed E-state index contributed by atoms with van der Waals surface area (Å²) in [5.74, 6) is 0.866. The van der Waals surface area contributed by atoms with E-state index in [9.17, 15) is 0 Å². The fourth-order valence-corrected chi connectivity index (χ4v) is 1.50. The van der Waals surface area contributed by atoms with E-state index in [-0.39, 0.29) is 0 Å². The molecule has 0 aliphatic rings. The zero-order valence-corrected chi connectivity index (χ0v) is 9.10. The number of hydrogen-bond acceptors (Lipinski definition) is 1. The normalized spacial score (nSPS) is 10.0. The highest BCUT2D eigenvalue weighted by molar-refractivity contribution is 6.32. The van der Waals surface area contributed by atoms with Crippen LogP contribution in [0.2, 0.25) is 0 Å². The van der Waals surface area contributed by atoms with Crippen LogP contribution in [0.25, 0.3) is 0 Å². The molecule has 0 amide bonds. The second-order valence-corrected chi connectivity index (χ2v) is 3.65. The summed E-state index contributed by atoms with van der Waals surface area (Å²) in [4.78, 5) is 0. The van der Waals surface area contributed by atoms with Gasteiger partial charge in [-0.1, -0.05) is 47.9 Å². The van der Waals surface area contributed by atoms with Crippen LogP contribution < -0.4 is 10.2 Å². The molecule has 0 atom stereocenters. The second-order valence-electron chi connectivity index (χ2n) is 3.65. The van der Waals surface area contributed by atoms with Gasteiger partial charge in [0.1, 0.15) is 13.6 Å². The van der Waals surface area contributed by atoms with Crippen LogP contribution in [0, 0.1) is 0 Å². The van der Waals surface area contributed by atoms with Gasteiger partial charge in [0.15, 0.2) is 0 Å². The van der Waals surface area contributed by atoms with Gasteiger partial charge in [0, 0.05) is 6.42 Å². The molecular weight excluding hydrogens is 195 g/mol. The lowest BCUT2D eigenvalue weighted by atomic mass is 9.97. The largest absolute Gasteiger partial charge is 0.493 e. The summed E-state index contributed by atoms with van der Waals surface area (Å²) < 4.78 is 5.61. The quantitative estimate of drug-likeness (QED) is 0.699. The molecule has 16 heavy (non-hydrogen) atoms. The van der Waals surface area contributed by atoms with Gasteiger partial charge in [-0.15, -0.1) is 0 Å². The fourth-order valence-electron chi connectivity index (χ4n) is 1.50. The lowest BCUT2D eigenvalue weighted by Crippen LogP contribution is -2.04. The number of rotatable bonds is 4. The maximum atomic E-state index is 5.61. The lowest BCUT2D eigenvalue weighted by Gasteiger charge is -2.06. The zero-order chi connectivity index (χ0) is 11.2. The Balaban J connectivity index is 1.82. The van der Waals surface area contributed by atoms with Gasteiger partial charge in [0.05, 0.1) is 6.61 Å². The monoisotopic (exact) mass is 208 g/mol. The summed E-state index contributed by atoms with van der Waals surface area (Å²) in [7, 11) is 5.59. The van der Waals surface area contributed by atoms with Gasteiger partial charge >= 0.3 is 0 Å². The number of benzene rings is 2. The molecule has 0 saturated heterocycles. The van der Waals surface area contributed by atoms with E-state index in [0.29, 0.717) is 6.61 Å². The first-order chi connectivity index (χ1) is 7.84. The van der Waals surface area contributed by atoms with Crippen LogP contribution in [-0.2, 0) is 6.42 Å². The first-order valence-corrected chi connectivity index (χ1v) is 5.37. The van der Waals surface area contributed by atoms with E-state index >= 15 is 0 Å². The third-order valence-electron chi connectivity index (χ3n) is 2.38. The summed E-state index contributed by atoms with van der Waals surface area (Å²) in [6.07, 6.45) is 0.922. The van der Waals surface area contributed by atoms with Crippen LogP contribution in [-0.4, -0.2) is 14.5 Å². The molecule has 0 spiro atoms. The van der Waals surface area contributed by atoms with Crippen LogP contribution in [0.5, 0.6) is 5.75 Å². The van der Waals surface area contributed by atoms with Gasteiger partial charge in [-0.2, -0.15) is 0 Å². The van der Waals surface area contributed by atoms with Crippen molar-refractivity contribution in [3.8, 4) is 5.75 Å². The van der Waals surface area contributed by atoms with Crippen LogP contribution in [0.1, 0.15) is 5.56 Å². The van der Waals surface area contributed by atoms with Gasteiger partial charge in [-0.3, -0.25) is 0 Å². The van der Waals surface area contributed by atoms with Crippen molar-refractivity contribution in [3.63, 3.8) is 0 Å². The zero-order valence-electron chi connectivity index (χ0n) is 9.10. The van der Waals surface area contributed by atoms with Crippen molar-refractivity contribution >= 4 is 13.3 Å². The van der Waals surface area contributed by atoms with Crippen LogP contribution in [0.15, 0.2) is 54.6 Å². The van der Waals surface area contributed by atoms with E-state index in [0.717, 1.165) is 17.6 Å². The van der Waals surface area contributed by atoms with Gasteiger partial charge in [0.2, 0.25) is 0 Å². The molecule has 0 bridgehead atoms. The van der Waals surface area contributed by atoms with Crippen molar-refractivity contribution in [2.45, 2.75) is 6.42 Å². The highest BCUT2D eigenvalue weighted by Crippen LogP contribution is 2.08. The molecule has 2 aromatic carbocycles. The Morgan fingerprint density at radius 2 is 1.56 bits per heavy atom. The summed E-state index contributed by atoms with van der Waals surface area (Å²) in [6.45, 7) is 0.688. The molecule has 2 heteroatoms. The minimum atomic E-state index is 0.688. The maximum absolute atomic E-state index is 5.61. The van der Waals surface area contributed by atoms with Gasteiger partial charge in [0.25, 0.3) is 0 Å². The van der Waals surface area contributed by atoms with Gasteiger partial charge in [-0.25, -0.2) is 0 Å². The molecule has 0 N–H and O–H groups in total. The first-order valence-electron chi connectivity index (χ1n) is 5.37. The predicted molar refractivity (Wildman–Crippen MR) is 67.5 cm³/mol. The molecular formula is C14H13BO. The Bertz CT molecular complexity index is 422. The van der Waals surface area contributed by atoms with Crippen molar-refractivity contribution in [2.24, 2.45) is 0 Å². The molecule has 0 fully saturated rings. The molecule has 78 valence electrons. The molecule has 0 heterocycles. The third kappa shape index (κ3) is 3.16. The Hall–Kier alpha value is -1.70. The Kier molecular flexibility index (Phi) is 3.65. The SMILES string of the molecule is [B]c1ccc(OCCc2ccccc2)cc1. The highest BCUT2D eigenvalue weighted by atomic mass is 16.5. The third-order valence-corrected chi connectivity index (χ3v) is 2.38. The average molecular weight is 208 g/mol. The minimum Gasteiger partial charge on any atom is -0.493 e. The Morgan fingerprint density at radius 1 is 0.875 bits per heavy atom. The molecule has 0 unspecified atom stereocenters. The van der Waals surface area contributed by atoms with E-state index in [1.165, 1.54) is 5.56 Å². The second kappa shape index (κ2) is 5.41. The Morgan fingerprint density at radius 3 is 2.25 bits per heavy atom. The summed E-state index contributed by atoms with van der Waals surface area (Å²) >= 11 is 0. The van der Waals surface area contributed by atoms with E-state index < -0.39 is 0 Å².